The number of allylic oxidation sites excluding steroid dienone is 1. The van der Waals surface area contributed by atoms with E-state index < -0.39 is 0 Å². The molecule has 1 N–H and O–H groups in total. The van der Waals surface area contributed by atoms with Crippen LogP contribution in [0, 0.1) is 0 Å². The summed E-state index contributed by atoms with van der Waals surface area (Å²) in [5.41, 5.74) is 0. The first-order valence-corrected chi connectivity index (χ1v) is 5.78. The summed E-state index contributed by atoms with van der Waals surface area (Å²) >= 11 is 0. The van der Waals surface area contributed by atoms with Crippen LogP contribution >= 0.6 is 0 Å². The molecule has 1 aliphatic rings. The number of hydrogen-bond donors (Lipinski definition) is 1. The number of likely N-dealkylation sites (N-methyl/N-ethyl adjacent to an activating group) is 1. The van der Waals surface area contributed by atoms with E-state index >= 15 is 0 Å². The van der Waals surface area contributed by atoms with Crippen molar-refractivity contribution in [3.05, 3.63) is 12.7 Å². The third-order valence-electron chi connectivity index (χ3n) is 3.18. The second-order valence-electron chi connectivity index (χ2n) is 4.45. The number of rotatable bonds is 6. The monoisotopic (exact) mass is 196 g/mol. The molecule has 2 unspecified atom stereocenters. The first kappa shape index (κ1) is 11.7. The van der Waals surface area contributed by atoms with Crippen LogP contribution in [0.1, 0.15) is 32.6 Å². The maximum absolute atomic E-state index is 3.75. The Morgan fingerprint density at radius 2 is 2.43 bits per heavy atom. The largest absolute Gasteiger partial charge is 0.313 e. The molecule has 14 heavy (non-hydrogen) atoms. The smallest absolute Gasteiger partial charge is 0.0218 e. The molecule has 0 radical (unpaired) electrons. The molecule has 0 bridgehead atoms. The maximum atomic E-state index is 3.75. The normalized spacial score (nSPS) is 25.1. The van der Waals surface area contributed by atoms with Gasteiger partial charge in [0, 0.05) is 18.6 Å². The molecule has 0 aromatic rings. The van der Waals surface area contributed by atoms with Crippen LogP contribution in [0.4, 0.5) is 0 Å². The second kappa shape index (κ2) is 6.20. The number of nitrogens with zero attached hydrogens (tertiary/aromatic N) is 1. The van der Waals surface area contributed by atoms with Gasteiger partial charge < -0.3 is 10.2 Å². The predicted molar refractivity (Wildman–Crippen MR) is 62.5 cm³/mol. The Morgan fingerprint density at radius 3 is 3.00 bits per heavy atom. The second-order valence-corrected chi connectivity index (χ2v) is 4.45. The van der Waals surface area contributed by atoms with Crippen molar-refractivity contribution in [3.63, 3.8) is 0 Å². The van der Waals surface area contributed by atoms with Gasteiger partial charge in [0.15, 0.2) is 0 Å². The Kier molecular flexibility index (Phi) is 5.20. The van der Waals surface area contributed by atoms with E-state index in [1.54, 1.807) is 0 Å². The first-order valence-electron chi connectivity index (χ1n) is 5.78. The van der Waals surface area contributed by atoms with Crippen molar-refractivity contribution in [3.8, 4) is 0 Å². The van der Waals surface area contributed by atoms with Crippen molar-refractivity contribution in [1.82, 2.24) is 10.2 Å². The van der Waals surface area contributed by atoms with E-state index in [0.29, 0.717) is 6.04 Å². The molecule has 2 nitrogen and oxygen atoms in total. The van der Waals surface area contributed by atoms with Crippen molar-refractivity contribution < 1.29 is 0 Å². The summed E-state index contributed by atoms with van der Waals surface area (Å²) in [5.74, 6) is 0. The predicted octanol–water partition coefficient (Wildman–Crippen LogP) is 2.02. The van der Waals surface area contributed by atoms with Crippen LogP contribution in [0.3, 0.4) is 0 Å². The fourth-order valence-corrected chi connectivity index (χ4v) is 2.04. The molecular weight excluding hydrogens is 172 g/mol. The molecule has 2 heteroatoms. The SMILES string of the molecule is C=CCCC(C)NCC1CCCN1C. The summed E-state index contributed by atoms with van der Waals surface area (Å²) in [6.07, 6.45) is 7.05. The highest BCUT2D eigenvalue weighted by molar-refractivity contribution is 4.80. The lowest BCUT2D eigenvalue weighted by Crippen LogP contribution is -2.39. The summed E-state index contributed by atoms with van der Waals surface area (Å²) in [4.78, 5) is 2.47. The van der Waals surface area contributed by atoms with Crippen LogP contribution in [-0.2, 0) is 0 Å². The summed E-state index contributed by atoms with van der Waals surface area (Å²) in [5, 5.41) is 3.60. The highest BCUT2D eigenvalue weighted by Gasteiger charge is 2.20. The van der Waals surface area contributed by atoms with Crippen molar-refractivity contribution in [2.45, 2.75) is 44.7 Å². The van der Waals surface area contributed by atoms with E-state index in [-0.39, 0.29) is 0 Å². The zero-order chi connectivity index (χ0) is 10.4. The van der Waals surface area contributed by atoms with E-state index in [4.69, 9.17) is 0 Å². The molecular formula is C12H24N2. The highest BCUT2D eigenvalue weighted by Crippen LogP contribution is 2.13. The molecule has 0 saturated carbocycles. The number of hydrogen-bond acceptors (Lipinski definition) is 2. The number of nitrogens with one attached hydrogen (secondary N) is 1. The van der Waals surface area contributed by atoms with E-state index in [9.17, 15) is 0 Å². The zero-order valence-electron chi connectivity index (χ0n) is 9.63. The van der Waals surface area contributed by atoms with Gasteiger partial charge in [-0.3, -0.25) is 0 Å². The lowest BCUT2D eigenvalue weighted by molar-refractivity contribution is 0.291. The molecule has 0 aromatic carbocycles. The first-order chi connectivity index (χ1) is 6.74. The summed E-state index contributed by atoms with van der Waals surface area (Å²) in [6.45, 7) is 8.43. The molecule has 0 spiro atoms. The molecule has 1 saturated heterocycles. The minimum absolute atomic E-state index is 0.627. The molecule has 1 fully saturated rings. The molecule has 1 heterocycles. The van der Waals surface area contributed by atoms with Crippen LogP contribution < -0.4 is 5.32 Å². The van der Waals surface area contributed by atoms with Gasteiger partial charge in [-0.05, 0) is 46.2 Å². The standard InChI is InChI=1S/C12H24N2/c1-4-5-7-11(2)13-10-12-8-6-9-14(12)3/h4,11-13H,1,5-10H2,2-3H3. The Balaban J connectivity index is 2.09. The third kappa shape index (κ3) is 3.81. The molecule has 0 aliphatic carbocycles. The van der Waals surface area contributed by atoms with Crippen LogP contribution in [0.5, 0.6) is 0 Å². The molecule has 1 aliphatic heterocycles. The zero-order valence-corrected chi connectivity index (χ0v) is 9.63. The van der Waals surface area contributed by atoms with Crippen LogP contribution in [-0.4, -0.2) is 37.1 Å². The minimum Gasteiger partial charge on any atom is -0.313 e. The van der Waals surface area contributed by atoms with Crippen molar-refractivity contribution in [2.24, 2.45) is 0 Å². The van der Waals surface area contributed by atoms with Gasteiger partial charge >= 0.3 is 0 Å². The lowest BCUT2D eigenvalue weighted by atomic mass is 10.1. The Morgan fingerprint density at radius 1 is 1.64 bits per heavy atom. The topological polar surface area (TPSA) is 15.3 Å². The molecule has 0 amide bonds. The van der Waals surface area contributed by atoms with Gasteiger partial charge in [0.1, 0.15) is 0 Å². The van der Waals surface area contributed by atoms with E-state index in [1.165, 1.54) is 25.8 Å². The van der Waals surface area contributed by atoms with Crippen molar-refractivity contribution in [2.75, 3.05) is 20.1 Å². The van der Waals surface area contributed by atoms with Gasteiger partial charge in [-0.1, -0.05) is 6.08 Å². The van der Waals surface area contributed by atoms with E-state index in [0.717, 1.165) is 19.0 Å². The summed E-state index contributed by atoms with van der Waals surface area (Å²) in [6, 6.07) is 1.39. The van der Waals surface area contributed by atoms with Crippen LogP contribution in [0.25, 0.3) is 0 Å². The summed E-state index contributed by atoms with van der Waals surface area (Å²) in [7, 11) is 2.23. The Hall–Kier alpha value is -0.340. The minimum atomic E-state index is 0.627. The lowest BCUT2D eigenvalue weighted by Gasteiger charge is -2.22. The van der Waals surface area contributed by atoms with Crippen LogP contribution in [0.2, 0.25) is 0 Å². The van der Waals surface area contributed by atoms with E-state index in [1.807, 2.05) is 6.08 Å². The third-order valence-corrected chi connectivity index (χ3v) is 3.18. The molecule has 1 rings (SSSR count). The van der Waals surface area contributed by atoms with E-state index in [2.05, 4.69) is 30.8 Å². The van der Waals surface area contributed by atoms with Gasteiger partial charge in [-0.25, -0.2) is 0 Å². The highest BCUT2D eigenvalue weighted by atomic mass is 15.2. The maximum Gasteiger partial charge on any atom is 0.0218 e. The van der Waals surface area contributed by atoms with Crippen molar-refractivity contribution >= 4 is 0 Å². The van der Waals surface area contributed by atoms with Gasteiger partial charge in [-0.2, -0.15) is 0 Å². The number of likely N-dealkylation sites (tertiary alicyclic amines) is 1. The van der Waals surface area contributed by atoms with Gasteiger partial charge in [-0.15, -0.1) is 6.58 Å². The summed E-state index contributed by atoms with van der Waals surface area (Å²) < 4.78 is 0. The average Bonchev–Trinajstić information content (AvgIpc) is 2.58. The molecule has 2 atom stereocenters. The van der Waals surface area contributed by atoms with Gasteiger partial charge in [0.25, 0.3) is 0 Å². The average molecular weight is 196 g/mol. The fraction of sp³-hybridized carbons (Fsp3) is 0.833. The molecule has 0 aromatic heterocycles. The fourth-order valence-electron chi connectivity index (χ4n) is 2.04. The Bertz CT molecular complexity index is 168. The van der Waals surface area contributed by atoms with Crippen LogP contribution in [0.15, 0.2) is 12.7 Å². The molecule has 82 valence electrons. The van der Waals surface area contributed by atoms with Gasteiger partial charge in [0.05, 0.1) is 0 Å². The van der Waals surface area contributed by atoms with Crippen molar-refractivity contribution in [1.29, 1.82) is 0 Å². The Labute approximate surface area is 88.4 Å². The van der Waals surface area contributed by atoms with Gasteiger partial charge in [0.2, 0.25) is 0 Å². The quantitative estimate of drug-likeness (QED) is 0.654.